The van der Waals surface area contributed by atoms with Crippen LogP contribution in [-0.2, 0) is 19.7 Å². The van der Waals surface area contributed by atoms with Gasteiger partial charge in [0.05, 0.1) is 0 Å². The molecule has 0 atom stereocenters. The fourth-order valence-electron chi connectivity index (χ4n) is 2.61. The zero-order valence-corrected chi connectivity index (χ0v) is 12.6. The second-order valence-electron chi connectivity index (χ2n) is 5.24. The van der Waals surface area contributed by atoms with E-state index in [1.165, 1.54) is 17.6 Å². The first-order chi connectivity index (χ1) is 10.7. The lowest BCUT2D eigenvalue weighted by atomic mass is 10.1. The van der Waals surface area contributed by atoms with E-state index in [0.717, 1.165) is 23.1 Å². The lowest BCUT2D eigenvalue weighted by molar-refractivity contribution is 0.307. The highest BCUT2D eigenvalue weighted by Crippen LogP contribution is 2.24. The SMILES string of the molecule is CCn1cc(COc2ccc(F)cc2)c2cc(CN)ccc21. The van der Waals surface area contributed by atoms with Gasteiger partial charge in [-0.15, -0.1) is 0 Å². The van der Waals surface area contributed by atoms with Gasteiger partial charge < -0.3 is 15.0 Å². The molecule has 3 nitrogen and oxygen atoms in total. The van der Waals surface area contributed by atoms with E-state index in [0.29, 0.717) is 18.9 Å². The summed E-state index contributed by atoms with van der Waals surface area (Å²) in [4.78, 5) is 0. The van der Waals surface area contributed by atoms with Crippen molar-refractivity contribution in [2.75, 3.05) is 0 Å². The Balaban J connectivity index is 1.90. The number of aryl methyl sites for hydroxylation is 1. The second-order valence-corrected chi connectivity index (χ2v) is 5.24. The number of aromatic nitrogens is 1. The molecule has 0 fully saturated rings. The van der Waals surface area contributed by atoms with Gasteiger partial charge in [-0.2, -0.15) is 0 Å². The first-order valence-corrected chi connectivity index (χ1v) is 7.40. The van der Waals surface area contributed by atoms with E-state index in [9.17, 15) is 4.39 Å². The summed E-state index contributed by atoms with van der Waals surface area (Å²) in [6.07, 6.45) is 2.11. The minimum Gasteiger partial charge on any atom is -0.489 e. The Hall–Kier alpha value is -2.33. The predicted octanol–water partition coefficient (Wildman–Crippen LogP) is 3.84. The third kappa shape index (κ3) is 2.83. The van der Waals surface area contributed by atoms with Gasteiger partial charge in [-0.3, -0.25) is 0 Å². The van der Waals surface area contributed by atoms with Gasteiger partial charge in [-0.05, 0) is 48.9 Å². The molecule has 22 heavy (non-hydrogen) atoms. The van der Waals surface area contributed by atoms with Crippen molar-refractivity contribution in [2.45, 2.75) is 26.6 Å². The van der Waals surface area contributed by atoms with Gasteiger partial charge in [0.15, 0.2) is 0 Å². The largest absolute Gasteiger partial charge is 0.489 e. The molecule has 0 spiro atoms. The van der Waals surface area contributed by atoms with Crippen LogP contribution in [0, 0.1) is 5.82 Å². The van der Waals surface area contributed by atoms with Crippen LogP contribution in [0.2, 0.25) is 0 Å². The molecule has 0 aliphatic carbocycles. The Morgan fingerprint density at radius 3 is 2.59 bits per heavy atom. The Labute approximate surface area is 129 Å². The Kier molecular flexibility index (Phi) is 4.11. The highest BCUT2D eigenvalue weighted by Gasteiger charge is 2.09. The van der Waals surface area contributed by atoms with Crippen LogP contribution in [0.1, 0.15) is 18.1 Å². The Morgan fingerprint density at radius 1 is 1.14 bits per heavy atom. The smallest absolute Gasteiger partial charge is 0.123 e. The molecule has 0 unspecified atom stereocenters. The maximum Gasteiger partial charge on any atom is 0.123 e. The number of nitrogens with two attached hydrogens (primary N) is 1. The van der Waals surface area contributed by atoms with Crippen LogP contribution < -0.4 is 10.5 Å². The summed E-state index contributed by atoms with van der Waals surface area (Å²) in [5, 5.41) is 1.16. The van der Waals surface area contributed by atoms with Gasteiger partial charge in [-0.25, -0.2) is 4.39 Å². The van der Waals surface area contributed by atoms with Crippen molar-refractivity contribution in [3.63, 3.8) is 0 Å². The number of rotatable bonds is 5. The zero-order valence-electron chi connectivity index (χ0n) is 12.6. The van der Waals surface area contributed by atoms with Gasteiger partial charge in [0, 0.05) is 35.8 Å². The third-order valence-corrected chi connectivity index (χ3v) is 3.81. The van der Waals surface area contributed by atoms with E-state index in [-0.39, 0.29) is 5.82 Å². The molecule has 0 saturated carbocycles. The molecule has 0 aliphatic heterocycles. The number of ether oxygens (including phenoxy) is 1. The molecule has 0 aliphatic rings. The average Bonchev–Trinajstić information content (AvgIpc) is 2.91. The maximum atomic E-state index is 12.9. The third-order valence-electron chi connectivity index (χ3n) is 3.81. The van der Waals surface area contributed by atoms with Crippen LogP contribution in [0.15, 0.2) is 48.7 Å². The summed E-state index contributed by atoms with van der Waals surface area (Å²) < 4.78 is 20.9. The quantitative estimate of drug-likeness (QED) is 0.777. The summed E-state index contributed by atoms with van der Waals surface area (Å²) in [7, 11) is 0. The van der Waals surface area contributed by atoms with E-state index in [1.807, 2.05) is 0 Å². The van der Waals surface area contributed by atoms with Crippen molar-refractivity contribution < 1.29 is 9.13 Å². The second kappa shape index (κ2) is 6.20. The minimum atomic E-state index is -0.262. The van der Waals surface area contributed by atoms with Crippen LogP contribution in [0.4, 0.5) is 4.39 Å². The number of fused-ring (bicyclic) bond motifs is 1. The fourth-order valence-corrected chi connectivity index (χ4v) is 2.61. The monoisotopic (exact) mass is 298 g/mol. The van der Waals surface area contributed by atoms with E-state index in [2.05, 4.69) is 35.9 Å². The molecule has 114 valence electrons. The van der Waals surface area contributed by atoms with Crippen molar-refractivity contribution in [3.05, 3.63) is 65.6 Å². The highest BCUT2D eigenvalue weighted by atomic mass is 19.1. The minimum absolute atomic E-state index is 0.262. The molecule has 4 heteroatoms. The van der Waals surface area contributed by atoms with Crippen LogP contribution >= 0.6 is 0 Å². The maximum absolute atomic E-state index is 12.9. The van der Waals surface area contributed by atoms with Gasteiger partial charge in [0.25, 0.3) is 0 Å². The van der Waals surface area contributed by atoms with E-state index >= 15 is 0 Å². The molecule has 2 N–H and O–H groups in total. The Morgan fingerprint density at radius 2 is 1.91 bits per heavy atom. The molecule has 0 radical (unpaired) electrons. The van der Waals surface area contributed by atoms with E-state index in [4.69, 9.17) is 10.5 Å². The topological polar surface area (TPSA) is 40.2 Å². The van der Waals surface area contributed by atoms with Gasteiger partial charge in [-0.1, -0.05) is 6.07 Å². The first-order valence-electron chi connectivity index (χ1n) is 7.40. The van der Waals surface area contributed by atoms with Crippen LogP contribution in [-0.4, -0.2) is 4.57 Å². The number of halogens is 1. The van der Waals surface area contributed by atoms with Crippen molar-refractivity contribution in [3.8, 4) is 5.75 Å². The molecule has 3 rings (SSSR count). The molecule has 0 amide bonds. The van der Waals surface area contributed by atoms with Crippen molar-refractivity contribution in [2.24, 2.45) is 5.73 Å². The molecule has 1 aromatic heterocycles. The lowest BCUT2D eigenvalue weighted by Crippen LogP contribution is -1.97. The van der Waals surface area contributed by atoms with Crippen LogP contribution in [0.25, 0.3) is 10.9 Å². The first kappa shape index (κ1) is 14.6. The lowest BCUT2D eigenvalue weighted by Gasteiger charge is -2.05. The standard InChI is InChI=1S/C18H19FN2O/c1-2-21-11-14(12-22-16-6-4-15(19)5-7-16)17-9-13(10-20)3-8-18(17)21/h3-9,11H,2,10,12,20H2,1H3. The summed E-state index contributed by atoms with van der Waals surface area (Å²) in [6.45, 7) is 3.98. The molecular weight excluding hydrogens is 279 g/mol. The van der Waals surface area contributed by atoms with Gasteiger partial charge in [0.1, 0.15) is 18.2 Å². The average molecular weight is 298 g/mol. The van der Waals surface area contributed by atoms with Crippen molar-refractivity contribution in [1.29, 1.82) is 0 Å². The summed E-state index contributed by atoms with van der Waals surface area (Å²) in [5.41, 5.74) is 9.12. The zero-order chi connectivity index (χ0) is 15.5. The predicted molar refractivity (Wildman–Crippen MR) is 86.2 cm³/mol. The normalized spacial score (nSPS) is 11.0. The summed E-state index contributed by atoms with van der Waals surface area (Å²) >= 11 is 0. The summed E-state index contributed by atoms with van der Waals surface area (Å²) in [6, 6.07) is 12.3. The van der Waals surface area contributed by atoms with Gasteiger partial charge >= 0.3 is 0 Å². The fraction of sp³-hybridized carbons (Fsp3) is 0.222. The number of nitrogens with zero attached hydrogens (tertiary/aromatic N) is 1. The van der Waals surface area contributed by atoms with Crippen molar-refractivity contribution in [1.82, 2.24) is 4.57 Å². The molecule has 1 heterocycles. The summed E-state index contributed by atoms with van der Waals surface area (Å²) in [5.74, 6) is 0.399. The number of hydrogen-bond acceptors (Lipinski definition) is 2. The highest BCUT2D eigenvalue weighted by molar-refractivity contribution is 5.84. The molecular formula is C18H19FN2O. The molecule has 2 aromatic carbocycles. The van der Waals surface area contributed by atoms with Gasteiger partial charge in [0.2, 0.25) is 0 Å². The molecule has 0 saturated heterocycles. The van der Waals surface area contributed by atoms with Crippen LogP contribution in [0.5, 0.6) is 5.75 Å². The number of benzene rings is 2. The molecule has 0 bridgehead atoms. The number of hydrogen-bond donors (Lipinski definition) is 1. The van der Waals surface area contributed by atoms with Crippen LogP contribution in [0.3, 0.4) is 0 Å². The Bertz CT molecular complexity index is 778. The molecule has 3 aromatic rings. The van der Waals surface area contributed by atoms with Crippen molar-refractivity contribution >= 4 is 10.9 Å². The van der Waals surface area contributed by atoms with E-state index in [1.54, 1.807) is 12.1 Å². The van der Waals surface area contributed by atoms with E-state index < -0.39 is 0 Å².